The molecule has 1 aliphatic rings. The van der Waals surface area contributed by atoms with Gasteiger partial charge in [0, 0.05) is 38.4 Å². The Morgan fingerprint density at radius 1 is 1.28 bits per heavy atom. The average Bonchev–Trinajstić information content (AvgIpc) is 3.05. The minimum Gasteiger partial charge on any atom is -0.352 e. The van der Waals surface area contributed by atoms with E-state index in [9.17, 15) is 14.4 Å². The summed E-state index contributed by atoms with van der Waals surface area (Å²) < 4.78 is 0. The Labute approximate surface area is 148 Å². The number of aryl methyl sites for hydroxylation is 1. The number of likely N-dealkylation sites (tertiary alicyclic amines) is 1. The number of urea groups is 1. The topological polar surface area (TPSA) is 81.8 Å². The highest BCUT2D eigenvalue weighted by Gasteiger charge is 2.35. The highest BCUT2D eigenvalue weighted by molar-refractivity contribution is 5.98. The average molecular weight is 346 g/mol. The standard InChI is InChI=1S/C18H26N4O3/c1-5-19-16(23)13-9-8-12(2)14(11-13)20-18(25)22-10-6-7-15(22)17(24)21(3)4/h8-9,11,15H,5-7,10H2,1-4H3,(H,19,23)(H,20,25). The van der Waals surface area contributed by atoms with Crippen molar-refractivity contribution < 1.29 is 14.4 Å². The van der Waals surface area contributed by atoms with Crippen LogP contribution >= 0.6 is 0 Å². The SMILES string of the molecule is CCNC(=O)c1ccc(C)c(NC(=O)N2CCCC2C(=O)N(C)C)c1. The summed E-state index contributed by atoms with van der Waals surface area (Å²) in [5.74, 6) is -0.250. The molecule has 1 atom stereocenters. The quantitative estimate of drug-likeness (QED) is 0.873. The monoisotopic (exact) mass is 346 g/mol. The molecule has 1 aromatic rings. The van der Waals surface area contributed by atoms with Crippen LogP contribution in [0, 0.1) is 6.92 Å². The number of hydrogen-bond acceptors (Lipinski definition) is 3. The van der Waals surface area contributed by atoms with Gasteiger partial charge in [0.1, 0.15) is 6.04 Å². The second-order valence-electron chi connectivity index (χ2n) is 6.40. The molecule has 1 aliphatic heterocycles. The van der Waals surface area contributed by atoms with Crippen LogP contribution in [0.4, 0.5) is 10.5 Å². The fourth-order valence-corrected chi connectivity index (χ4v) is 2.91. The first kappa shape index (κ1) is 18.8. The van der Waals surface area contributed by atoms with Crippen molar-refractivity contribution >= 4 is 23.5 Å². The summed E-state index contributed by atoms with van der Waals surface area (Å²) in [6.07, 6.45) is 1.47. The molecule has 0 bridgehead atoms. The number of likely N-dealkylation sites (N-methyl/N-ethyl adjacent to an activating group) is 1. The second kappa shape index (κ2) is 8.00. The minimum absolute atomic E-state index is 0.0690. The third-order valence-corrected chi connectivity index (χ3v) is 4.32. The molecule has 25 heavy (non-hydrogen) atoms. The van der Waals surface area contributed by atoms with E-state index in [1.165, 1.54) is 4.90 Å². The molecule has 0 aliphatic carbocycles. The zero-order valence-corrected chi connectivity index (χ0v) is 15.3. The number of amides is 4. The first-order chi connectivity index (χ1) is 11.8. The van der Waals surface area contributed by atoms with E-state index in [1.807, 2.05) is 13.8 Å². The van der Waals surface area contributed by atoms with Gasteiger partial charge in [0.05, 0.1) is 0 Å². The van der Waals surface area contributed by atoms with E-state index in [0.29, 0.717) is 30.8 Å². The summed E-state index contributed by atoms with van der Waals surface area (Å²) >= 11 is 0. The number of anilines is 1. The number of benzene rings is 1. The fourth-order valence-electron chi connectivity index (χ4n) is 2.91. The molecule has 4 amide bonds. The smallest absolute Gasteiger partial charge is 0.322 e. The summed E-state index contributed by atoms with van der Waals surface area (Å²) in [5.41, 5.74) is 1.93. The molecule has 136 valence electrons. The van der Waals surface area contributed by atoms with Crippen molar-refractivity contribution in [3.05, 3.63) is 29.3 Å². The van der Waals surface area contributed by atoms with Crippen molar-refractivity contribution in [2.75, 3.05) is 32.5 Å². The first-order valence-corrected chi connectivity index (χ1v) is 8.52. The largest absolute Gasteiger partial charge is 0.352 e. The van der Waals surface area contributed by atoms with Crippen LogP contribution in [0.2, 0.25) is 0 Å². The molecule has 0 spiro atoms. The Balaban J connectivity index is 2.15. The maximum Gasteiger partial charge on any atom is 0.322 e. The predicted octanol–water partition coefficient (Wildman–Crippen LogP) is 1.83. The van der Waals surface area contributed by atoms with Crippen LogP contribution < -0.4 is 10.6 Å². The third-order valence-electron chi connectivity index (χ3n) is 4.32. The van der Waals surface area contributed by atoms with Gasteiger partial charge >= 0.3 is 6.03 Å². The molecule has 0 saturated carbocycles. The lowest BCUT2D eigenvalue weighted by Gasteiger charge is -2.26. The summed E-state index contributed by atoms with van der Waals surface area (Å²) in [4.78, 5) is 40.0. The number of hydrogen-bond donors (Lipinski definition) is 2. The lowest BCUT2D eigenvalue weighted by atomic mass is 10.1. The van der Waals surface area contributed by atoms with Crippen LogP contribution in [0.3, 0.4) is 0 Å². The summed E-state index contributed by atoms with van der Waals surface area (Å²) in [5, 5.41) is 5.59. The summed E-state index contributed by atoms with van der Waals surface area (Å²) in [6, 6.07) is 4.45. The normalized spacial score (nSPS) is 16.5. The maximum absolute atomic E-state index is 12.7. The molecular formula is C18H26N4O3. The van der Waals surface area contributed by atoms with Gasteiger partial charge < -0.3 is 20.4 Å². The molecule has 0 aromatic heterocycles. The minimum atomic E-state index is -0.429. The molecule has 7 heteroatoms. The lowest BCUT2D eigenvalue weighted by Crippen LogP contribution is -2.47. The number of rotatable bonds is 4. The Kier molecular flexibility index (Phi) is 6.01. The van der Waals surface area contributed by atoms with Crippen molar-refractivity contribution in [2.45, 2.75) is 32.7 Å². The van der Waals surface area contributed by atoms with Gasteiger partial charge in [0.25, 0.3) is 5.91 Å². The van der Waals surface area contributed by atoms with Crippen molar-refractivity contribution in [3.63, 3.8) is 0 Å². The Bertz CT molecular complexity index is 672. The number of nitrogens with one attached hydrogen (secondary N) is 2. The van der Waals surface area contributed by atoms with Crippen molar-refractivity contribution in [1.82, 2.24) is 15.1 Å². The highest BCUT2D eigenvalue weighted by atomic mass is 16.2. The van der Waals surface area contributed by atoms with E-state index in [4.69, 9.17) is 0 Å². The molecule has 1 aromatic carbocycles. The van der Waals surface area contributed by atoms with Crippen LogP contribution in [0.5, 0.6) is 0 Å². The van der Waals surface area contributed by atoms with Gasteiger partial charge in [0.2, 0.25) is 5.91 Å². The second-order valence-corrected chi connectivity index (χ2v) is 6.40. The summed E-state index contributed by atoms with van der Waals surface area (Å²) in [7, 11) is 3.38. The van der Waals surface area contributed by atoms with Gasteiger partial charge in [0.15, 0.2) is 0 Å². The van der Waals surface area contributed by atoms with Crippen molar-refractivity contribution in [2.24, 2.45) is 0 Å². The molecule has 1 heterocycles. The molecule has 1 saturated heterocycles. The van der Waals surface area contributed by atoms with Crippen molar-refractivity contribution in [3.8, 4) is 0 Å². The third kappa shape index (κ3) is 4.29. The van der Waals surface area contributed by atoms with Crippen LogP contribution in [0.1, 0.15) is 35.7 Å². The molecule has 0 radical (unpaired) electrons. The van der Waals surface area contributed by atoms with E-state index in [0.717, 1.165) is 12.0 Å². The van der Waals surface area contributed by atoms with E-state index >= 15 is 0 Å². The molecule has 2 rings (SSSR count). The van der Waals surface area contributed by atoms with Gasteiger partial charge in [-0.2, -0.15) is 0 Å². The van der Waals surface area contributed by atoms with Crippen LogP contribution in [0.15, 0.2) is 18.2 Å². The summed E-state index contributed by atoms with van der Waals surface area (Å²) in [6.45, 7) is 4.80. The number of carbonyl (C=O) groups is 3. The van der Waals surface area contributed by atoms with Gasteiger partial charge in [-0.3, -0.25) is 9.59 Å². The number of carbonyl (C=O) groups excluding carboxylic acids is 3. The van der Waals surface area contributed by atoms with E-state index in [-0.39, 0.29) is 17.8 Å². The molecule has 7 nitrogen and oxygen atoms in total. The first-order valence-electron chi connectivity index (χ1n) is 8.52. The van der Waals surface area contributed by atoms with Crippen LogP contribution in [0.25, 0.3) is 0 Å². The van der Waals surface area contributed by atoms with Gasteiger partial charge in [-0.05, 0) is 44.4 Å². The van der Waals surface area contributed by atoms with Gasteiger partial charge in [-0.1, -0.05) is 6.07 Å². The maximum atomic E-state index is 12.7. The zero-order valence-electron chi connectivity index (χ0n) is 15.3. The molecule has 1 fully saturated rings. The number of nitrogens with zero attached hydrogens (tertiary/aromatic N) is 2. The Morgan fingerprint density at radius 3 is 2.64 bits per heavy atom. The van der Waals surface area contributed by atoms with Gasteiger partial charge in [-0.15, -0.1) is 0 Å². The zero-order chi connectivity index (χ0) is 18.6. The Hall–Kier alpha value is -2.57. The van der Waals surface area contributed by atoms with Crippen LogP contribution in [-0.2, 0) is 4.79 Å². The molecular weight excluding hydrogens is 320 g/mol. The van der Waals surface area contributed by atoms with Gasteiger partial charge in [-0.25, -0.2) is 4.79 Å². The van der Waals surface area contributed by atoms with E-state index in [2.05, 4.69) is 10.6 Å². The molecule has 2 N–H and O–H groups in total. The van der Waals surface area contributed by atoms with E-state index < -0.39 is 6.04 Å². The Morgan fingerprint density at radius 2 is 2.00 bits per heavy atom. The van der Waals surface area contributed by atoms with Crippen LogP contribution in [-0.4, -0.2) is 60.9 Å². The lowest BCUT2D eigenvalue weighted by molar-refractivity contribution is -0.132. The highest BCUT2D eigenvalue weighted by Crippen LogP contribution is 2.22. The van der Waals surface area contributed by atoms with Crippen molar-refractivity contribution in [1.29, 1.82) is 0 Å². The fraction of sp³-hybridized carbons (Fsp3) is 0.500. The van der Waals surface area contributed by atoms with E-state index in [1.54, 1.807) is 37.2 Å². The predicted molar refractivity (Wildman–Crippen MR) is 96.6 cm³/mol. The molecule has 1 unspecified atom stereocenters.